The molecule has 0 fully saturated rings. The monoisotopic (exact) mass is 247 g/mol. The van der Waals surface area contributed by atoms with E-state index in [2.05, 4.69) is 43.4 Å². The fourth-order valence-corrected chi connectivity index (χ4v) is 1.71. The van der Waals surface area contributed by atoms with Gasteiger partial charge in [0, 0.05) is 6.54 Å². The zero-order valence-corrected chi connectivity index (χ0v) is 11.7. The maximum absolute atomic E-state index is 5.90. The Morgan fingerprint density at radius 2 is 1.89 bits per heavy atom. The topological polar surface area (TPSA) is 21.3 Å². The Hall–Kier alpha value is -1.12. The SMILES string of the molecule is C/C=C/COC(CNCC(C)C)c1ccccc1. The second-order valence-corrected chi connectivity index (χ2v) is 4.85. The van der Waals surface area contributed by atoms with Gasteiger partial charge in [-0.3, -0.25) is 0 Å². The van der Waals surface area contributed by atoms with E-state index in [-0.39, 0.29) is 6.10 Å². The summed E-state index contributed by atoms with van der Waals surface area (Å²) in [5.41, 5.74) is 1.23. The molecular formula is C16H25NO. The van der Waals surface area contributed by atoms with Crippen LogP contribution in [0, 0.1) is 5.92 Å². The molecule has 0 aromatic heterocycles. The van der Waals surface area contributed by atoms with E-state index in [1.807, 2.05) is 25.1 Å². The van der Waals surface area contributed by atoms with Gasteiger partial charge in [-0.2, -0.15) is 0 Å². The largest absolute Gasteiger partial charge is 0.368 e. The highest BCUT2D eigenvalue weighted by Crippen LogP contribution is 2.16. The van der Waals surface area contributed by atoms with Gasteiger partial charge in [0.2, 0.25) is 0 Å². The molecule has 2 heteroatoms. The highest BCUT2D eigenvalue weighted by molar-refractivity contribution is 5.18. The van der Waals surface area contributed by atoms with Crippen molar-refractivity contribution in [2.75, 3.05) is 19.7 Å². The van der Waals surface area contributed by atoms with Crippen LogP contribution in [-0.2, 0) is 4.74 Å². The molecular weight excluding hydrogens is 222 g/mol. The van der Waals surface area contributed by atoms with E-state index in [4.69, 9.17) is 4.74 Å². The molecule has 1 unspecified atom stereocenters. The van der Waals surface area contributed by atoms with Gasteiger partial charge in [0.1, 0.15) is 0 Å². The molecule has 0 heterocycles. The minimum atomic E-state index is 0.126. The Morgan fingerprint density at radius 1 is 1.17 bits per heavy atom. The third-order valence-corrected chi connectivity index (χ3v) is 2.68. The molecule has 0 aliphatic rings. The highest BCUT2D eigenvalue weighted by atomic mass is 16.5. The van der Waals surface area contributed by atoms with Gasteiger partial charge in [0.15, 0.2) is 0 Å². The Bertz CT molecular complexity index is 332. The summed E-state index contributed by atoms with van der Waals surface area (Å²) in [6.45, 7) is 8.99. The number of hydrogen-bond acceptors (Lipinski definition) is 2. The average Bonchev–Trinajstić information content (AvgIpc) is 2.38. The first kappa shape index (κ1) is 14.9. The summed E-state index contributed by atoms with van der Waals surface area (Å²) in [4.78, 5) is 0. The van der Waals surface area contributed by atoms with Crippen molar-refractivity contribution < 1.29 is 4.74 Å². The maximum Gasteiger partial charge on any atom is 0.0953 e. The van der Waals surface area contributed by atoms with E-state index in [9.17, 15) is 0 Å². The summed E-state index contributed by atoms with van der Waals surface area (Å²) in [6, 6.07) is 10.4. The number of benzene rings is 1. The van der Waals surface area contributed by atoms with E-state index in [1.54, 1.807) is 0 Å². The predicted octanol–water partition coefficient (Wildman–Crippen LogP) is 3.57. The summed E-state index contributed by atoms with van der Waals surface area (Å²) in [7, 11) is 0. The lowest BCUT2D eigenvalue weighted by atomic mass is 10.1. The Balaban J connectivity index is 2.52. The van der Waals surface area contributed by atoms with E-state index >= 15 is 0 Å². The van der Waals surface area contributed by atoms with Gasteiger partial charge in [-0.05, 0) is 24.9 Å². The van der Waals surface area contributed by atoms with Crippen molar-refractivity contribution in [2.24, 2.45) is 5.92 Å². The second kappa shape index (κ2) is 8.90. The van der Waals surface area contributed by atoms with E-state index in [1.165, 1.54) is 5.56 Å². The Kier molecular flexibility index (Phi) is 7.38. The lowest BCUT2D eigenvalue weighted by Gasteiger charge is -2.19. The summed E-state index contributed by atoms with van der Waals surface area (Å²) < 4.78 is 5.90. The third kappa shape index (κ3) is 5.99. The maximum atomic E-state index is 5.90. The van der Waals surface area contributed by atoms with Crippen LogP contribution in [0.2, 0.25) is 0 Å². The molecule has 1 atom stereocenters. The Morgan fingerprint density at radius 3 is 2.50 bits per heavy atom. The van der Waals surface area contributed by atoms with Crippen LogP contribution in [0.25, 0.3) is 0 Å². The molecule has 1 rings (SSSR count). The number of nitrogens with one attached hydrogen (secondary N) is 1. The van der Waals surface area contributed by atoms with Crippen LogP contribution >= 0.6 is 0 Å². The van der Waals surface area contributed by atoms with Crippen molar-refractivity contribution in [3.05, 3.63) is 48.0 Å². The predicted molar refractivity (Wildman–Crippen MR) is 77.7 cm³/mol. The summed E-state index contributed by atoms with van der Waals surface area (Å²) in [5, 5.41) is 3.46. The molecule has 0 spiro atoms. The second-order valence-electron chi connectivity index (χ2n) is 4.85. The molecule has 0 saturated heterocycles. The molecule has 0 aliphatic heterocycles. The molecule has 0 amide bonds. The quantitative estimate of drug-likeness (QED) is 0.709. The summed E-state index contributed by atoms with van der Waals surface area (Å²) >= 11 is 0. The fourth-order valence-electron chi connectivity index (χ4n) is 1.71. The molecule has 0 aliphatic carbocycles. The first-order valence-electron chi connectivity index (χ1n) is 6.72. The third-order valence-electron chi connectivity index (χ3n) is 2.68. The van der Waals surface area contributed by atoms with Crippen LogP contribution in [0.1, 0.15) is 32.4 Å². The van der Waals surface area contributed by atoms with Gasteiger partial charge in [-0.25, -0.2) is 0 Å². The van der Waals surface area contributed by atoms with Crippen LogP contribution in [0.3, 0.4) is 0 Å². The van der Waals surface area contributed by atoms with Crippen molar-refractivity contribution in [3.63, 3.8) is 0 Å². The standard InChI is InChI=1S/C16H25NO/c1-4-5-11-18-16(13-17-12-14(2)3)15-9-7-6-8-10-15/h4-10,14,16-17H,11-13H2,1-3H3/b5-4+. The lowest BCUT2D eigenvalue weighted by Crippen LogP contribution is -2.26. The van der Waals surface area contributed by atoms with Crippen LogP contribution < -0.4 is 5.32 Å². The molecule has 100 valence electrons. The van der Waals surface area contributed by atoms with Gasteiger partial charge >= 0.3 is 0 Å². The molecule has 1 aromatic carbocycles. The number of allylic oxidation sites excluding steroid dienone is 1. The van der Waals surface area contributed by atoms with Gasteiger partial charge in [-0.15, -0.1) is 0 Å². The number of rotatable bonds is 8. The van der Waals surface area contributed by atoms with Gasteiger partial charge in [0.05, 0.1) is 12.7 Å². The first-order valence-corrected chi connectivity index (χ1v) is 6.72. The summed E-state index contributed by atoms with van der Waals surface area (Å²) in [5.74, 6) is 0.664. The van der Waals surface area contributed by atoms with Crippen LogP contribution in [0.4, 0.5) is 0 Å². The molecule has 1 aromatic rings. The van der Waals surface area contributed by atoms with Gasteiger partial charge in [0.25, 0.3) is 0 Å². The molecule has 0 radical (unpaired) electrons. The molecule has 1 N–H and O–H groups in total. The minimum Gasteiger partial charge on any atom is -0.368 e. The average molecular weight is 247 g/mol. The first-order chi connectivity index (χ1) is 8.74. The molecule has 0 bridgehead atoms. The molecule has 2 nitrogen and oxygen atoms in total. The van der Waals surface area contributed by atoms with E-state index in [0.29, 0.717) is 12.5 Å². The van der Waals surface area contributed by atoms with Crippen molar-refractivity contribution >= 4 is 0 Å². The summed E-state index contributed by atoms with van der Waals surface area (Å²) in [6.07, 6.45) is 4.18. The van der Waals surface area contributed by atoms with E-state index in [0.717, 1.165) is 13.1 Å². The van der Waals surface area contributed by atoms with Crippen molar-refractivity contribution in [1.82, 2.24) is 5.32 Å². The highest BCUT2D eigenvalue weighted by Gasteiger charge is 2.10. The van der Waals surface area contributed by atoms with Crippen LogP contribution in [0.5, 0.6) is 0 Å². The number of hydrogen-bond donors (Lipinski definition) is 1. The molecule has 18 heavy (non-hydrogen) atoms. The van der Waals surface area contributed by atoms with Gasteiger partial charge < -0.3 is 10.1 Å². The zero-order valence-electron chi connectivity index (χ0n) is 11.7. The number of ether oxygens (including phenoxy) is 1. The van der Waals surface area contributed by atoms with Crippen molar-refractivity contribution in [1.29, 1.82) is 0 Å². The minimum absolute atomic E-state index is 0.126. The molecule has 0 saturated carbocycles. The fraction of sp³-hybridized carbons (Fsp3) is 0.500. The lowest BCUT2D eigenvalue weighted by molar-refractivity contribution is 0.0732. The van der Waals surface area contributed by atoms with Crippen molar-refractivity contribution in [3.8, 4) is 0 Å². The van der Waals surface area contributed by atoms with E-state index < -0.39 is 0 Å². The van der Waals surface area contributed by atoms with Gasteiger partial charge in [-0.1, -0.05) is 56.3 Å². The normalized spacial score (nSPS) is 13.3. The van der Waals surface area contributed by atoms with Crippen LogP contribution in [0.15, 0.2) is 42.5 Å². The smallest absolute Gasteiger partial charge is 0.0953 e. The zero-order chi connectivity index (χ0) is 13.2. The van der Waals surface area contributed by atoms with Crippen molar-refractivity contribution in [2.45, 2.75) is 26.9 Å². The Labute approximate surface area is 111 Å². The van der Waals surface area contributed by atoms with Crippen LogP contribution in [-0.4, -0.2) is 19.7 Å².